The van der Waals surface area contributed by atoms with Crippen molar-refractivity contribution in [3.63, 3.8) is 0 Å². The van der Waals surface area contributed by atoms with E-state index in [2.05, 4.69) is 54.7 Å². The summed E-state index contributed by atoms with van der Waals surface area (Å²) in [7, 11) is -0.765. The molecule has 2 rings (SSSR count). The van der Waals surface area contributed by atoms with Crippen LogP contribution in [0.2, 0.25) is 13.1 Å². The van der Waals surface area contributed by atoms with Gasteiger partial charge in [-0.05, 0) is 49.2 Å². The maximum atomic E-state index is 5.90. The summed E-state index contributed by atoms with van der Waals surface area (Å²) in [6.07, 6.45) is 2.84. The average molecular weight is 288 g/mol. The molecular formula is C15H18NOSSi. The molecule has 1 aromatic heterocycles. The SMILES string of the molecule is Cc1ccc(N=CCc2cccs2)c(O[Si](C)C)c1. The van der Waals surface area contributed by atoms with Gasteiger partial charge in [-0.2, -0.15) is 0 Å². The summed E-state index contributed by atoms with van der Waals surface area (Å²) in [5.74, 6) is 0.904. The molecule has 1 radical (unpaired) electrons. The Labute approximate surface area is 120 Å². The maximum Gasteiger partial charge on any atom is 0.274 e. The number of aliphatic imine (C=N–C) groups is 1. The number of rotatable bonds is 5. The monoisotopic (exact) mass is 288 g/mol. The minimum absolute atomic E-state index is 0.765. The molecule has 0 saturated heterocycles. The van der Waals surface area contributed by atoms with Gasteiger partial charge in [0.2, 0.25) is 0 Å². The lowest BCUT2D eigenvalue weighted by molar-refractivity contribution is 0.581. The van der Waals surface area contributed by atoms with Crippen LogP contribution in [0.4, 0.5) is 5.69 Å². The Balaban J connectivity index is 2.12. The van der Waals surface area contributed by atoms with Gasteiger partial charge in [-0.15, -0.1) is 11.3 Å². The van der Waals surface area contributed by atoms with Crippen LogP contribution < -0.4 is 4.43 Å². The van der Waals surface area contributed by atoms with Crippen molar-refractivity contribution in [1.29, 1.82) is 0 Å². The minimum atomic E-state index is -0.765. The zero-order valence-corrected chi connectivity index (χ0v) is 13.3. The van der Waals surface area contributed by atoms with Crippen molar-refractivity contribution in [1.82, 2.24) is 0 Å². The van der Waals surface area contributed by atoms with Gasteiger partial charge in [0.1, 0.15) is 11.4 Å². The second-order valence-electron chi connectivity index (χ2n) is 4.58. The number of thiophene rings is 1. The molecule has 0 aliphatic carbocycles. The van der Waals surface area contributed by atoms with E-state index in [1.807, 2.05) is 12.3 Å². The normalized spacial score (nSPS) is 11.4. The van der Waals surface area contributed by atoms with E-state index in [4.69, 9.17) is 4.43 Å². The Morgan fingerprint density at radius 3 is 2.84 bits per heavy atom. The van der Waals surface area contributed by atoms with E-state index in [1.54, 1.807) is 11.3 Å². The van der Waals surface area contributed by atoms with E-state index in [0.29, 0.717) is 0 Å². The van der Waals surface area contributed by atoms with Crippen LogP contribution in [0, 0.1) is 6.92 Å². The molecule has 99 valence electrons. The second kappa shape index (κ2) is 6.68. The fourth-order valence-corrected chi connectivity index (χ4v) is 2.96. The van der Waals surface area contributed by atoms with Crippen LogP contribution in [0.15, 0.2) is 40.7 Å². The third-order valence-electron chi connectivity index (χ3n) is 2.53. The van der Waals surface area contributed by atoms with Crippen molar-refractivity contribution in [3.8, 4) is 5.75 Å². The number of nitrogens with zero attached hydrogens (tertiary/aromatic N) is 1. The largest absolute Gasteiger partial charge is 0.541 e. The lowest BCUT2D eigenvalue weighted by atomic mass is 10.2. The Morgan fingerprint density at radius 1 is 1.32 bits per heavy atom. The molecule has 0 aliphatic rings. The lowest BCUT2D eigenvalue weighted by Crippen LogP contribution is -2.11. The summed E-state index contributed by atoms with van der Waals surface area (Å²) in [5.41, 5.74) is 2.13. The summed E-state index contributed by atoms with van der Waals surface area (Å²) >= 11 is 1.76. The number of hydrogen-bond acceptors (Lipinski definition) is 3. The van der Waals surface area contributed by atoms with Gasteiger partial charge in [0.05, 0.1) is 0 Å². The molecule has 0 bridgehead atoms. The van der Waals surface area contributed by atoms with E-state index in [-0.39, 0.29) is 0 Å². The van der Waals surface area contributed by atoms with Crippen molar-refractivity contribution in [2.24, 2.45) is 4.99 Å². The van der Waals surface area contributed by atoms with Crippen LogP contribution in [0.3, 0.4) is 0 Å². The molecule has 0 amide bonds. The summed E-state index contributed by atoms with van der Waals surface area (Å²) in [5, 5.41) is 2.09. The zero-order chi connectivity index (χ0) is 13.7. The van der Waals surface area contributed by atoms with Gasteiger partial charge in [0.25, 0.3) is 9.04 Å². The fraction of sp³-hybridized carbons (Fsp3) is 0.267. The van der Waals surface area contributed by atoms with E-state index < -0.39 is 9.04 Å². The van der Waals surface area contributed by atoms with Crippen LogP contribution in [-0.4, -0.2) is 15.3 Å². The van der Waals surface area contributed by atoms with Gasteiger partial charge in [-0.25, -0.2) is 0 Å². The molecule has 0 fully saturated rings. The summed E-state index contributed by atoms with van der Waals surface area (Å²) in [4.78, 5) is 5.88. The number of aryl methyl sites for hydroxylation is 1. The summed E-state index contributed by atoms with van der Waals surface area (Å²) in [6, 6.07) is 10.4. The lowest BCUT2D eigenvalue weighted by Gasteiger charge is -2.11. The van der Waals surface area contributed by atoms with Gasteiger partial charge in [0, 0.05) is 17.5 Å². The second-order valence-corrected chi connectivity index (χ2v) is 7.63. The average Bonchev–Trinajstić information content (AvgIpc) is 2.84. The standard InChI is InChI=1S/C15H18NOSSi/c1-12-6-7-14(15(11-12)17-19(2)3)16-9-8-13-5-4-10-18-13/h4-7,9-11H,8H2,1-3H3. The predicted molar refractivity (Wildman–Crippen MR) is 85.5 cm³/mol. The molecule has 0 unspecified atom stereocenters. The molecule has 2 aromatic rings. The Hall–Kier alpha value is -1.39. The van der Waals surface area contributed by atoms with Crippen LogP contribution in [0.1, 0.15) is 10.4 Å². The first-order valence-corrected chi connectivity index (χ1v) is 9.57. The van der Waals surface area contributed by atoms with E-state index >= 15 is 0 Å². The van der Waals surface area contributed by atoms with Crippen molar-refractivity contribution in [2.45, 2.75) is 26.4 Å². The van der Waals surface area contributed by atoms with Gasteiger partial charge >= 0.3 is 0 Å². The van der Waals surface area contributed by atoms with E-state index in [9.17, 15) is 0 Å². The number of benzene rings is 1. The quantitative estimate of drug-likeness (QED) is 0.580. The zero-order valence-electron chi connectivity index (χ0n) is 11.5. The van der Waals surface area contributed by atoms with Gasteiger partial charge < -0.3 is 4.43 Å². The van der Waals surface area contributed by atoms with Crippen LogP contribution in [-0.2, 0) is 6.42 Å². The van der Waals surface area contributed by atoms with Crippen LogP contribution in [0.5, 0.6) is 5.75 Å². The highest BCUT2D eigenvalue weighted by Crippen LogP contribution is 2.29. The van der Waals surface area contributed by atoms with E-state index in [1.165, 1.54) is 10.4 Å². The van der Waals surface area contributed by atoms with Gasteiger partial charge in [0.15, 0.2) is 0 Å². The first-order valence-electron chi connectivity index (χ1n) is 6.29. The Morgan fingerprint density at radius 2 is 2.16 bits per heavy atom. The van der Waals surface area contributed by atoms with Crippen molar-refractivity contribution >= 4 is 32.3 Å². The maximum absolute atomic E-state index is 5.90. The molecule has 0 aliphatic heterocycles. The highest BCUT2D eigenvalue weighted by atomic mass is 32.1. The first kappa shape index (κ1) is 14.0. The van der Waals surface area contributed by atoms with Gasteiger partial charge in [-0.1, -0.05) is 12.1 Å². The molecule has 4 heteroatoms. The third kappa shape index (κ3) is 4.33. The topological polar surface area (TPSA) is 21.6 Å². The fourth-order valence-electron chi connectivity index (χ4n) is 1.69. The molecule has 2 nitrogen and oxygen atoms in total. The highest BCUT2D eigenvalue weighted by molar-refractivity contribution is 7.10. The van der Waals surface area contributed by atoms with E-state index in [0.717, 1.165) is 17.9 Å². The smallest absolute Gasteiger partial charge is 0.274 e. The summed E-state index contributed by atoms with van der Waals surface area (Å²) < 4.78 is 5.90. The van der Waals surface area contributed by atoms with Gasteiger partial charge in [-0.3, -0.25) is 4.99 Å². The molecule has 1 heterocycles. The minimum Gasteiger partial charge on any atom is -0.541 e. The van der Waals surface area contributed by atoms with Crippen LogP contribution in [0.25, 0.3) is 0 Å². The predicted octanol–water partition coefficient (Wildman–Crippen LogP) is 4.63. The summed E-state index contributed by atoms with van der Waals surface area (Å²) in [6.45, 7) is 6.34. The number of hydrogen-bond donors (Lipinski definition) is 0. The third-order valence-corrected chi connectivity index (χ3v) is 4.06. The Kier molecular flexibility index (Phi) is 4.93. The molecular weight excluding hydrogens is 270 g/mol. The van der Waals surface area contributed by atoms with Crippen molar-refractivity contribution in [3.05, 3.63) is 46.2 Å². The molecule has 0 spiro atoms. The molecule has 0 atom stereocenters. The van der Waals surface area contributed by atoms with Crippen molar-refractivity contribution < 1.29 is 4.43 Å². The first-order chi connectivity index (χ1) is 9.15. The molecule has 1 aromatic carbocycles. The molecule has 19 heavy (non-hydrogen) atoms. The molecule has 0 saturated carbocycles. The van der Waals surface area contributed by atoms with Crippen LogP contribution >= 0.6 is 11.3 Å². The Bertz CT molecular complexity index is 549. The molecule has 0 N–H and O–H groups in total. The van der Waals surface area contributed by atoms with Crippen molar-refractivity contribution in [2.75, 3.05) is 0 Å². The highest BCUT2D eigenvalue weighted by Gasteiger charge is 2.06.